The molecule has 1 nitrogen and oxygen atoms in total. The molecule has 103 valence electrons. The van der Waals surface area contributed by atoms with Gasteiger partial charge in [-0.25, -0.2) is 12.2 Å². The van der Waals surface area contributed by atoms with Crippen molar-refractivity contribution in [2.75, 3.05) is 0 Å². The molecule has 0 aliphatic heterocycles. The first-order valence-electron chi connectivity index (χ1n) is 5.52. The molecule has 1 aliphatic carbocycles. The third-order valence-corrected chi connectivity index (χ3v) is 2.30. The van der Waals surface area contributed by atoms with Gasteiger partial charge in [-0.15, -0.1) is 6.42 Å². The van der Waals surface area contributed by atoms with Gasteiger partial charge in [0.05, 0.1) is 0 Å². The molecule has 1 N–H and O–H groups in total. The van der Waals surface area contributed by atoms with Crippen LogP contribution in [0.2, 0.25) is 0 Å². The summed E-state index contributed by atoms with van der Waals surface area (Å²) in [7, 11) is 0. The maximum absolute atomic E-state index is 9.45. The van der Waals surface area contributed by atoms with E-state index < -0.39 is 0 Å². The Balaban J connectivity index is -0.000000277. The fourth-order valence-corrected chi connectivity index (χ4v) is 1.45. The van der Waals surface area contributed by atoms with Gasteiger partial charge in [0.15, 0.2) is 0 Å². The van der Waals surface area contributed by atoms with Gasteiger partial charge < -0.3 is 29.9 Å². The Morgan fingerprint density at radius 1 is 1.11 bits per heavy atom. The molecule has 0 bridgehead atoms. The molecule has 0 aromatic heterocycles. The smallest absolute Gasteiger partial charge is 1.00 e. The van der Waals surface area contributed by atoms with Gasteiger partial charge in [0.1, 0.15) is 5.75 Å². The Hall–Kier alpha value is -0.206. The summed E-state index contributed by atoms with van der Waals surface area (Å²) in [5, 5.41) is 9.45. The summed E-state index contributed by atoms with van der Waals surface area (Å²) in [4.78, 5) is 0. The standard InChI is InChI=1S/C10H14O.C5H5.2ClH.Ti/c1-10(2,3)8-6-4-5-7-9(8)11;1-2-4-5-3-1;;;/h4-7,11H,1-3H3;1-3H,4H2;2*1H;/q;-1;;;+3/p-2. The maximum atomic E-state index is 9.45. The van der Waals surface area contributed by atoms with Crippen LogP contribution in [0.4, 0.5) is 0 Å². The third-order valence-electron chi connectivity index (χ3n) is 2.30. The molecule has 0 heterocycles. The first kappa shape index (κ1) is 23.9. The summed E-state index contributed by atoms with van der Waals surface area (Å²) in [5.74, 6) is 0.389. The van der Waals surface area contributed by atoms with Gasteiger partial charge in [0.2, 0.25) is 0 Å². The van der Waals surface area contributed by atoms with E-state index in [1.54, 1.807) is 6.07 Å². The van der Waals surface area contributed by atoms with Crippen molar-refractivity contribution < 1.29 is 51.6 Å². The summed E-state index contributed by atoms with van der Waals surface area (Å²) in [6.07, 6.45) is 10.0. The molecule has 0 spiro atoms. The molecular weight excluding hydrogens is 315 g/mol. The second-order valence-electron chi connectivity index (χ2n) is 4.77. The van der Waals surface area contributed by atoms with Gasteiger partial charge in [-0.1, -0.05) is 39.0 Å². The number of phenols is 1. The number of hydrogen-bond acceptors (Lipinski definition) is 1. The monoisotopic (exact) mass is 333 g/mol. The number of phenolic OH excluding ortho intramolecular Hbond substituents is 1. The molecule has 1 aromatic carbocycles. The van der Waals surface area contributed by atoms with Gasteiger partial charge in [0.25, 0.3) is 0 Å². The normalized spacial score (nSPS) is 11.3. The summed E-state index contributed by atoms with van der Waals surface area (Å²) in [6, 6.07) is 7.46. The van der Waals surface area contributed by atoms with Crippen molar-refractivity contribution in [3.63, 3.8) is 0 Å². The van der Waals surface area contributed by atoms with Crippen LogP contribution < -0.4 is 24.8 Å². The van der Waals surface area contributed by atoms with Crippen molar-refractivity contribution in [1.82, 2.24) is 0 Å². The van der Waals surface area contributed by atoms with Crippen LogP contribution in [0, 0.1) is 6.08 Å². The third kappa shape index (κ3) is 9.35. The zero-order chi connectivity index (χ0) is 12.0. The Morgan fingerprint density at radius 2 is 1.68 bits per heavy atom. The second kappa shape index (κ2) is 11.6. The van der Waals surface area contributed by atoms with E-state index in [2.05, 4.69) is 32.9 Å². The molecule has 0 amide bonds. The molecule has 0 atom stereocenters. The fraction of sp³-hybridized carbons (Fsp3) is 0.333. The molecular formula is C15H19Cl2OTi. The van der Waals surface area contributed by atoms with E-state index in [9.17, 15) is 5.11 Å². The number of para-hydroxylation sites is 1. The first-order valence-corrected chi connectivity index (χ1v) is 5.52. The van der Waals surface area contributed by atoms with Crippen molar-refractivity contribution >= 4 is 0 Å². The summed E-state index contributed by atoms with van der Waals surface area (Å²) in [5.41, 5.74) is 1.03. The molecule has 0 saturated heterocycles. The molecule has 0 unspecified atom stereocenters. The van der Waals surface area contributed by atoms with E-state index in [-0.39, 0.29) is 51.9 Å². The van der Waals surface area contributed by atoms with E-state index >= 15 is 0 Å². The molecule has 19 heavy (non-hydrogen) atoms. The molecule has 1 radical (unpaired) electrons. The van der Waals surface area contributed by atoms with E-state index in [0.717, 1.165) is 12.0 Å². The number of rotatable bonds is 0. The van der Waals surface area contributed by atoms with Crippen LogP contribution in [0.15, 0.2) is 42.5 Å². The predicted octanol–water partition coefficient (Wildman–Crippen LogP) is -2.00. The maximum Gasteiger partial charge on any atom is 3.00 e. The van der Waals surface area contributed by atoms with E-state index in [1.165, 1.54) is 0 Å². The SMILES string of the molecule is CC(C)(C)c1ccccc1O.[C-]1=CC=CC1.[Cl-].[Cl-].[Ti+3]. The van der Waals surface area contributed by atoms with Crippen molar-refractivity contribution in [2.45, 2.75) is 32.6 Å². The minimum Gasteiger partial charge on any atom is -1.00 e. The summed E-state index contributed by atoms with van der Waals surface area (Å²) in [6.45, 7) is 6.26. The molecule has 0 fully saturated rings. The predicted molar refractivity (Wildman–Crippen MR) is 68.4 cm³/mol. The average Bonchev–Trinajstić information content (AvgIpc) is 2.74. The molecule has 1 aromatic rings. The minimum absolute atomic E-state index is 0. The fourth-order valence-electron chi connectivity index (χ4n) is 1.45. The van der Waals surface area contributed by atoms with Crippen molar-refractivity contribution in [1.29, 1.82) is 0 Å². The van der Waals surface area contributed by atoms with Crippen LogP contribution in [0.3, 0.4) is 0 Å². The Morgan fingerprint density at radius 3 is 1.95 bits per heavy atom. The van der Waals surface area contributed by atoms with Crippen LogP contribution >= 0.6 is 0 Å². The summed E-state index contributed by atoms with van der Waals surface area (Å²) >= 11 is 0. The largest absolute Gasteiger partial charge is 3.00 e. The number of aromatic hydroxyl groups is 1. The van der Waals surface area contributed by atoms with Gasteiger partial charge in [-0.3, -0.25) is 6.08 Å². The van der Waals surface area contributed by atoms with Crippen molar-refractivity contribution in [3.8, 4) is 5.75 Å². The minimum atomic E-state index is 0. The van der Waals surface area contributed by atoms with Crippen molar-refractivity contribution in [2.24, 2.45) is 0 Å². The topological polar surface area (TPSA) is 20.2 Å². The molecule has 4 heteroatoms. The van der Waals surface area contributed by atoms with Crippen molar-refractivity contribution in [3.05, 3.63) is 54.1 Å². The van der Waals surface area contributed by atoms with Crippen LogP contribution in [-0.4, -0.2) is 5.11 Å². The zero-order valence-electron chi connectivity index (χ0n) is 11.5. The Bertz CT molecular complexity index is 385. The molecule has 1 aliphatic rings. The molecule has 0 saturated carbocycles. The quantitative estimate of drug-likeness (QED) is 0.430. The summed E-state index contributed by atoms with van der Waals surface area (Å²) < 4.78 is 0. The van der Waals surface area contributed by atoms with Crippen LogP contribution in [0.1, 0.15) is 32.8 Å². The van der Waals surface area contributed by atoms with E-state index in [4.69, 9.17) is 0 Å². The van der Waals surface area contributed by atoms with E-state index in [0.29, 0.717) is 5.75 Å². The van der Waals surface area contributed by atoms with Gasteiger partial charge >= 0.3 is 21.7 Å². The van der Waals surface area contributed by atoms with Gasteiger partial charge in [0, 0.05) is 0 Å². The molecule has 2 rings (SSSR count). The Labute approximate surface area is 143 Å². The second-order valence-corrected chi connectivity index (χ2v) is 4.77. The van der Waals surface area contributed by atoms with Crippen LogP contribution in [-0.2, 0) is 27.1 Å². The zero-order valence-corrected chi connectivity index (χ0v) is 14.5. The van der Waals surface area contributed by atoms with Crippen LogP contribution in [0.5, 0.6) is 5.75 Å². The van der Waals surface area contributed by atoms with Gasteiger partial charge in [-0.2, -0.15) is 6.08 Å². The first-order chi connectivity index (χ1) is 7.52. The number of hydrogen-bond donors (Lipinski definition) is 1. The van der Waals surface area contributed by atoms with Crippen LogP contribution in [0.25, 0.3) is 0 Å². The number of allylic oxidation sites excluding steroid dienone is 4. The average molecular weight is 334 g/mol. The number of halogens is 2. The Kier molecular flexibility index (Phi) is 14.6. The number of benzene rings is 1. The van der Waals surface area contributed by atoms with E-state index in [1.807, 2.05) is 30.4 Å². The van der Waals surface area contributed by atoms with Gasteiger partial charge in [-0.05, 0) is 17.0 Å².